The summed E-state index contributed by atoms with van der Waals surface area (Å²) < 4.78 is 2.11. The Kier molecular flexibility index (Phi) is 2.69. The first kappa shape index (κ1) is 14.1. The van der Waals surface area contributed by atoms with Crippen molar-refractivity contribution in [1.82, 2.24) is 14.7 Å². The molecule has 5 rings (SSSR count). The Bertz CT molecular complexity index is 665. The van der Waals surface area contributed by atoms with E-state index in [9.17, 15) is 4.79 Å². The number of fused-ring (bicyclic) bond motifs is 5. The van der Waals surface area contributed by atoms with Gasteiger partial charge in [-0.3, -0.25) is 9.48 Å². The van der Waals surface area contributed by atoms with Crippen molar-refractivity contribution in [3.8, 4) is 0 Å². The number of likely N-dealkylation sites (tertiary alicyclic amines) is 1. The standard InChI is InChI=1S/C19H27N3O/c1-19(2,3)22-16(11-4-5-11)9-15(20-22)18(23)21-10-14-12-6-7-13(8-12)17(14)21/h9,11-14,17H,4-8,10H2,1-3H3/t12-,13-,14+,17+/m0/s1. The Morgan fingerprint density at radius 1 is 1.17 bits per heavy atom. The smallest absolute Gasteiger partial charge is 0.274 e. The van der Waals surface area contributed by atoms with Gasteiger partial charge in [-0.15, -0.1) is 0 Å². The minimum Gasteiger partial charge on any atom is -0.333 e. The number of rotatable bonds is 2. The molecule has 0 radical (unpaired) electrons. The van der Waals surface area contributed by atoms with Gasteiger partial charge in [0.2, 0.25) is 0 Å². The lowest BCUT2D eigenvalue weighted by Gasteiger charge is -2.50. The van der Waals surface area contributed by atoms with Crippen LogP contribution >= 0.6 is 0 Å². The molecule has 1 aromatic rings. The number of amides is 1. The molecule has 4 atom stereocenters. The summed E-state index contributed by atoms with van der Waals surface area (Å²) in [7, 11) is 0. The molecule has 0 aromatic carbocycles. The third-order valence-electron chi connectivity index (χ3n) is 6.66. The lowest BCUT2D eigenvalue weighted by Crippen LogP contribution is -2.61. The first-order valence-corrected chi connectivity index (χ1v) is 9.35. The second-order valence-corrected chi connectivity index (χ2v) is 9.26. The summed E-state index contributed by atoms with van der Waals surface area (Å²) in [5.41, 5.74) is 1.90. The molecule has 2 bridgehead atoms. The molecule has 1 aliphatic heterocycles. The molecule has 1 amide bonds. The molecule has 0 unspecified atom stereocenters. The van der Waals surface area contributed by atoms with Gasteiger partial charge >= 0.3 is 0 Å². The molecular weight excluding hydrogens is 286 g/mol. The third-order valence-corrected chi connectivity index (χ3v) is 6.66. The lowest BCUT2D eigenvalue weighted by atomic mass is 9.76. The normalized spacial score (nSPS) is 35.3. The molecular formula is C19H27N3O. The van der Waals surface area contributed by atoms with Crippen LogP contribution in [0, 0.1) is 17.8 Å². The van der Waals surface area contributed by atoms with Gasteiger partial charge in [-0.25, -0.2) is 0 Å². The maximum Gasteiger partial charge on any atom is 0.274 e. The topological polar surface area (TPSA) is 38.1 Å². The summed E-state index contributed by atoms with van der Waals surface area (Å²) >= 11 is 0. The van der Waals surface area contributed by atoms with Crippen LogP contribution in [0.1, 0.15) is 75.0 Å². The summed E-state index contributed by atoms with van der Waals surface area (Å²) in [6, 6.07) is 2.62. The van der Waals surface area contributed by atoms with Crippen molar-refractivity contribution < 1.29 is 4.79 Å². The number of hydrogen-bond acceptors (Lipinski definition) is 2. The van der Waals surface area contributed by atoms with Crippen LogP contribution in [0.2, 0.25) is 0 Å². The molecule has 4 nitrogen and oxygen atoms in total. The predicted octanol–water partition coefficient (Wildman–Crippen LogP) is 3.39. The highest BCUT2D eigenvalue weighted by atomic mass is 16.2. The molecule has 4 aliphatic rings. The monoisotopic (exact) mass is 313 g/mol. The zero-order valence-corrected chi connectivity index (χ0v) is 14.5. The van der Waals surface area contributed by atoms with E-state index in [4.69, 9.17) is 5.10 Å². The Hall–Kier alpha value is -1.32. The van der Waals surface area contributed by atoms with Crippen LogP contribution in [0.25, 0.3) is 0 Å². The molecule has 1 aromatic heterocycles. The maximum absolute atomic E-state index is 13.0. The average molecular weight is 313 g/mol. The Labute approximate surface area is 138 Å². The van der Waals surface area contributed by atoms with Crippen molar-refractivity contribution in [3.05, 3.63) is 17.5 Å². The van der Waals surface area contributed by atoms with E-state index in [0.717, 1.165) is 24.3 Å². The van der Waals surface area contributed by atoms with Crippen LogP contribution in [0.4, 0.5) is 0 Å². The van der Waals surface area contributed by atoms with Crippen molar-refractivity contribution in [2.75, 3.05) is 6.54 Å². The highest BCUT2D eigenvalue weighted by molar-refractivity contribution is 5.93. The molecule has 3 saturated carbocycles. The molecule has 4 fully saturated rings. The van der Waals surface area contributed by atoms with Crippen molar-refractivity contribution in [3.63, 3.8) is 0 Å². The second-order valence-electron chi connectivity index (χ2n) is 9.26. The van der Waals surface area contributed by atoms with E-state index in [2.05, 4.69) is 36.4 Å². The Morgan fingerprint density at radius 2 is 1.91 bits per heavy atom. The second kappa shape index (κ2) is 4.40. The van der Waals surface area contributed by atoms with Crippen LogP contribution in [0.5, 0.6) is 0 Å². The lowest BCUT2D eigenvalue weighted by molar-refractivity contribution is -0.00959. The quantitative estimate of drug-likeness (QED) is 0.839. The fourth-order valence-corrected chi connectivity index (χ4v) is 5.41. The molecule has 124 valence electrons. The largest absolute Gasteiger partial charge is 0.333 e. The van der Waals surface area contributed by atoms with Gasteiger partial charge in [0.05, 0.1) is 5.54 Å². The number of nitrogens with zero attached hydrogens (tertiary/aromatic N) is 3. The van der Waals surface area contributed by atoms with E-state index >= 15 is 0 Å². The summed E-state index contributed by atoms with van der Waals surface area (Å²) in [4.78, 5) is 15.2. The summed E-state index contributed by atoms with van der Waals surface area (Å²) in [6.07, 6.45) is 6.59. The fourth-order valence-electron chi connectivity index (χ4n) is 5.41. The van der Waals surface area contributed by atoms with Gasteiger partial charge in [0.1, 0.15) is 0 Å². The first-order valence-electron chi connectivity index (χ1n) is 9.35. The zero-order valence-electron chi connectivity index (χ0n) is 14.5. The number of hydrogen-bond donors (Lipinski definition) is 0. The highest BCUT2D eigenvalue weighted by Gasteiger charge is 2.58. The van der Waals surface area contributed by atoms with Crippen molar-refractivity contribution in [2.24, 2.45) is 17.8 Å². The summed E-state index contributed by atoms with van der Waals surface area (Å²) in [5.74, 6) is 3.28. The number of carbonyl (C=O) groups excluding carboxylic acids is 1. The summed E-state index contributed by atoms with van der Waals surface area (Å²) in [6.45, 7) is 7.51. The van der Waals surface area contributed by atoms with Crippen LogP contribution in [0.15, 0.2) is 6.07 Å². The zero-order chi connectivity index (χ0) is 15.9. The van der Waals surface area contributed by atoms with Crippen LogP contribution in [0.3, 0.4) is 0 Å². The van der Waals surface area contributed by atoms with Gasteiger partial charge in [-0.2, -0.15) is 5.10 Å². The molecule has 23 heavy (non-hydrogen) atoms. The molecule has 3 aliphatic carbocycles. The van der Waals surface area contributed by atoms with E-state index in [0.29, 0.717) is 17.7 Å². The highest BCUT2D eigenvalue weighted by Crippen LogP contribution is 2.55. The summed E-state index contributed by atoms with van der Waals surface area (Å²) in [5, 5.41) is 4.75. The Balaban J connectivity index is 1.43. The predicted molar refractivity (Wildman–Crippen MR) is 88.3 cm³/mol. The van der Waals surface area contributed by atoms with Crippen molar-refractivity contribution >= 4 is 5.91 Å². The van der Waals surface area contributed by atoms with Gasteiger partial charge in [-0.05, 0) is 70.8 Å². The molecule has 4 heteroatoms. The number of aromatic nitrogens is 2. The van der Waals surface area contributed by atoms with Crippen molar-refractivity contribution in [1.29, 1.82) is 0 Å². The Morgan fingerprint density at radius 3 is 2.57 bits per heavy atom. The molecule has 2 heterocycles. The van der Waals surface area contributed by atoms with Gasteiger partial charge in [0, 0.05) is 30.1 Å². The van der Waals surface area contributed by atoms with E-state index in [1.165, 1.54) is 37.8 Å². The molecule has 1 saturated heterocycles. The van der Waals surface area contributed by atoms with Crippen molar-refractivity contribution in [2.45, 2.75) is 70.4 Å². The SMILES string of the molecule is CC(C)(C)n1nc(C(=O)N2C[C@@H]3[C@H]4CC[C@@H](C4)[C@H]32)cc1C1CC1. The minimum atomic E-state index is -0.0552. The van der Waals surface area contributed by atoms with Crippen LogP contribution in [-0.4, -0.2) is 33.2 Å². The van der Waals surface area contributed by atoms with E-state index in [1.807, 2.05) is 0 Å². The van der Waals surface area contributed by atoms with Crippen LogP contribution < -0.4 is 0 Å². The van der Waals surface area contributed by atoms with Gasteiger partial charge in [0.15, 0.2) is 5.69 Å². The minimum absolute atomic E-state index is 0.0552. The van der Waals surface area contributed by atoms with E-state index < -0.39 is 0 Å². The van der Waals surface area contributed by atoms with E-state index in [1.54, 1.807) is 0 Å². The number of carbonyl (C=O) groups is 1. The first-order chi connectivity index (χ1) is 10.9. The average Bonchev–Trinajstić information content (AvgIpc) is 2.92. The van der Waals surface area contributed by atoms with E-state index in [-0.39, 0.29) is 11.4 Å². The third kappa shape index (κ3) is 1.96. The van der Waals surface area contributed by atoms with Crippen LogP contribution in [-0.2, 0) is 5.54 Å². The van der Waals surface area contributed by atoms with Gasteiger partial charge in [0.25, 0.3) is 5.91 Å². The fraction of sp³-hybridized carbons (Fsp3) is 0.789. The molecule has 0 spiro atoms. The van der Waals surface area contributed by atoms with Gasteiger partial charge < -0.3 is 4.90 Å². The van der Waals surface area contributed by atoms with Gasteiger partial charge in [-0.1, -0.05) is 0 Å². The maximum atomic E-state index is 13.0. The molecule has 0 N–H and O–H groups in total.